The van der Waals surface area contributed by atoms with Gasteiger partial charge in [-0.15, -0.1) is 0 Å². The number of pyridine rings is 1. The minimum atomic E-state index is 0.703. The quantitative estimate of drug-likeness (QED) is 0.820. The van der Waals surface area contributed by atoms with Gasteiger partial charge < -0.3 is 11.1 Å². The Morgan fingerprint density at radius 2 is 2.12 bits per heavy atom. The number of para-hydroxylation sites is 1. The van der Waals surface area contributed by atoms with Crippen molar-refractivity contribution in [3.63, 3.8) is 0 Å². The smallest absolute Gasteiger partial charge is 0.0726 e. The molecule has 1 aromatic carbocycles. The molecule has 3 nitrogen and oxygen atoms in total. The highest BCUT2D eigenvalue weighted by Gasteiger charge is 2.20. The molecule has 1 heterocycles. The van der Waals surface area contributed by atoms with Crippen molar-refractivity contribution in [2.45, 2.75) is 25.4 Å². The number of nitrogens with zero attached hydrogens (tertiary/aromatic N) is 1. The molecule has 1 aliphatic carbocycles. The van der Waals surface area contributed by atoms with Gasteiger partial charge in [0.05, 0.1) is 11.2 Å². The number of nitrogens with two attached hydrogens (primary N) is 1. The van der Waals surface area contributed by atoms with Crippen molar-refractivity contribution in [2.24, 2.45) is 0 Å². The summed E-state index contributed by atoms with van der Waals surface area (Å²) in [5.74, 6) is 0. The van der Waals surface area contributed by atoms with Gasteiger partial charge in [0, 0.05) is 23.7 Å². The van der Waals surface area contributed by atoms with Gasteiger partial charge in [0.2, 0.25) is 0 Å². The highest BCUT2D eigenvalue weighted by molar-refractivity contribution is 5.90. The molecule has 3 heteroatoms. The van der Waals surface area contributed by atoms with E-state index in [1.54, 1.807) is 0 Å². The van der Waals surface area contributed by atoms with E-state index in [9.17, 15) is 0 Å². The van der Waals surface area contributed by atoms with Crippen LogP contribution in [0.3, 0.4) is 0 Å². The summed E-state index contributed by atoms with van der Waals surface area (Å²) in [6.07, 6.45) is 2.59. The molecule has 0 saturated heterocycles. The molecule has 0 unspecified atom stereocenters. The average molecular weight is 213 g/mol. The van der Waals surface area contributed by atoms with Crippen LogP contribution in [0.4, 0.5) is 5.69 Å². The van der Waals surface area contributed by atoms with Crippen molar-refractivity contribution in [3.8, 4) is 0 Å². The first kappa shape index (κ1) is 9.60. The molecule has 0 aliphatic heterocycles. The lowest BCUT2D eigenvalue weighted by Crippen LogP contribution is -2.16. The zero-order chi connectivity index (χ0) is 11.0. The minimum absolute atomic E-state index is 0.703. The fourth-order valence-corrected chi connectivity index (χ4v) is 1.89. The Labute approximate surface area is 94.7 Å². The summed E-state index contributed by atoms with van der Waals surface area (Å²) in [7, 11) is 0. The Bertz CT molecular complexity index is 518. The van der Waals surface area contributed by atoms with E-state index in [1.165, 1.54) is 12.8 Å². The SMILES string of the molecule is Nc1cc(CNC2CC2)nc2ccccc12. The third-order valence-electron chi connectivity index (χ3n) is 2.95. The van der Waals surface area contributed by atoms with Crippen LogP contribution < -0.4 is 11.1 Å². The van der Waals surface area contributed by atoms with Crippen LogP contribution in [0.5, 0.6) is 0 Å². The second kappa shape index (κ2) is 3.76. The Morgan fingerprint density at radius 1 is 1.31 bits per heavy atom. The van der Waals surface area contributed by atoms with Crippen LogP contribution in [-0.4, -0.2) is 11.0 Å². The Kier molecular flexibility index (Phi) is 2.26. The van der Waals surface area contributed by atoms with Crippen molar-refractivity contribution in [3.05, 3.63) is 36.0 Å². The molecule has 3 N–H and O–H groups in total. The lowest BCUT2D eigenvalue weighted by molar-refractivity contribution is 0.676. The van der Waals surface area contributed by atoms with Crippen LogP contribution in [-0.2, 0) is 6.54 Å². The molecule has 0 radical (unpaired) electrons. The van der Waals surface area contributed by atoms with E-state index >= 15 is 0 Å². The second-order valence-electron chi connectivity index (χ2n) is 4.38. The number of hydrogen-bond acceptors (Lipinski definition) is 3. The van der Waals surface area contributed by atoms with Crippen LogP contribution in [0.2, 0.25) is 0 Å². The van der Waals surface area contributed by atoms with E-state index in [-0.39, 0.29) is 0 Å². The predicted octanol–water partition coefficient (Wildman–Crippen LogP) is 2.07. The van der Waals surface area contributed by atoms with E-state index < -0.39 is 0 Å². The van der Waals surface area contributed by atoms with Gasteiger partial charge in [0.25, 0.3) is 0 Å². The summed E-state index contributed by atoms with van der Waals surface area (Å²) in [6, 6.07) is 10.7. The third-order valence-corrected chi connectivity index (χ3v) is 2.95. The summed E-state index contributed by atoms with van der Waals surface area (Å²) < 4.78 is 0. The largest absolute Gasteiger partial charge is 0.398 e. The van der Waals surface area contributed by atoms with Crippen molar-refractivity contribution in [1.29, 1.82) is 0 Å². The first-order valence-corrected chi connectivity index (χ1v) is 5.70. The van der Waals surface area contributed by atoms with Gasteiger partial charge in [0.1, 0.15) is 0 Å². The number of aromatic nitrogens is 1. The maximum Gasteiger partial charge on any atom is 0.0726 e. The number of rotatable bonds is 3. The number of nitrogen functional groups attached to an aromatic ring is 1. The van der Waals surface area contributed by atoms with Crippen molar-refractivity contribution in [1.82, 2.24) is 10.3 Å². The number of hydrogen-bond donors (Lipinski definition) is 2. The molecule has 1 fully saturated rings. The predicted molar refractivity (Wildman–Crippen MR) is 66.0 cm³/mol. The summed E-state index contributed by atoms with van der Waals surface area (Å²) in [5.41, 5.74) is 8.84. The average Bonchev–Trinajstić information content (AvgIpc) is 3.10. The van der Waals surface area contributed by atoms with Crippen LogP contribution >= 0.6 is 0 Å². The van der Waals surface area contributed by atoms with Gasteiger partial charge in [-0.3, -0.25) is 4.98 Å². The fraction of sp³-hybridized carbons (Fsp3) is 0.308. The molecule has 2 aromatic rings. The Morgan fingerprint density at radius 3 is 2.94 bits per heavy atom. The first-order valence-electron chi connectivity index (χ1n) is 5.70. The van der Waals surface area contributed by atoms with Crippen LogP contribution in [0, 0.1) is 0 Å². The van der Waals surface area contributed by atoms with Gasteiger partial charge in [0.15, 0.2) is 0 Å². The zero-order valence-electron chi connectivity index (χ0n) is 9.11. The molecule has 82 valence electrons. The summed E-state index contributed by atoms with van der Waals surface area (Å²) in [6.45, 7) is 0.819. The van der Waals surface area contributed by atoms with Gasteiger partial charge in [-0.2, -0.15) is 0 Å². The number of nitrogens with one attached hydrogen (secondary N) is 1. The number of anilines is 1. The Balaban J connectivity index is 1.92. The third kappa shape index (κ3) is 1.86. The number of benzene rings is 1. The highest BCUT2D eigenvalue weighted by Crippen LogP contribution is 2.22. The molecule has 0 amide bonds. The molecule has 1 aliphatic rings. The van der Waals surface area contributed by atoms with Gasteiger partial charge in [-0.25, -0.2) is 0 Å². The molecule has 1 saturated carbocycles. The molecular weight excluding hydrogens is 198 g/mol. The molecular formula is C13H15N3. The van der Waals surface area contributed by atoms with Crippen molar-refractivity contribution >= 4 is 16.6 Å². The lowest BCUT2D eigenvalue weighted by Gasteiger charge is -2.06. The minimum Gasteiger partial charge on any atom is -0.398 e. The van der Waals surface area contributed by atoms with Crippen molar-refractivity contribution in [2.75, 3.05) is 5.73 Å². The van der Waals surface area contributed by atoms with Crippen LogP contribution in [0.1, 0.15) is 18.5 Å². The summed E-state index contributed by atoms with van der Waals surface area (Å²) in [4.78, 5) is 4.59. The summed E-state index contributed by atoms with van der Waals surface area (Å²) >= 11 is 0. The van der Waals surface area contributed by atoms with E-state index in [0.717, 1.165) is 28.8 Å². The van der Waals surface area contributed by atoms with Crippen molar-refractivity contribution < 1.29 is 0 Å². The normalized spacial score (nSPS) is 15.5. The van der Waals surface area contributed by atoms with E-state index in [4.69, 9.17) is 5.73 Å². The van der Waals surface area contributed by atoms with Gasteiger partial charge >= 0.3 is 0 Å². The maximum absolute atomic E-state index is 6.01. The number of fused-ring (bicyclic) bond motifs is 1. The van der Waals surface area contributed by atoms with E-state index in [1.807, 2.05) is 30.3 Å². The van der Waals surface area contributed by atoms with Gasteiger partial charge in [-0.05, 0) is 25.0 Å². The maximum atomic E-state index is 6.01. The molecule has 0 spiro atoms. The summed E-state index contributed by atoms with van der Waals surface area (Å²) in [5, 5.41) is 4.49. The molecule has 1 aromatic heterocycles. The van der Waals surface area contributed by atoms with Crippen LogP contribution in [0.15, 0.2) is 30.3 Å². The van der Waals surface area contributed by atoms with Gasteiger partial charge in [-0.1, -0.05) is 18.2 Å². The monoisotopic (exact) mass is 213 g/mol. The highest BCUT2D eigenvalue weighted by atomic mass is 15.0. The zero-order valence-corrected chi connectivity index (χ0v) is 9.11. The van der Waals surface area contributed by atoms with E-state index in [2.05, 4.69) is 10.3 Å². The standard InChI is InChI=1S/C13H15N3/c14-12-7-10(8-15-9-5-6-9)16-13-4-2-1-3-11(12)13/h1-4,7,9,15H,5-6,8H2,(H2,14,16). The van der Waals surface area contributed by atoms with E-state index in [0.29, 0.717) is 6.04 Å². The Hall–Kier alpha value is -1.61. The van der Waals surface area contributed by atoms with Crippen LogP contribution in [0.25, 0.3) is 10.9 Å². The first-order chi connectivity index (χ1) is 7.83. The molecule has 16 heavy (non-hydrogen) atoms. The lowest BCUT2D eigenvalue weighted by atomic mass is 10.1. The molecule has 0 bridgehead atoms. The molecule has 0 atom stereocenters. The fourth-order valence-electron chi connectivity index (χ4n) is 1.89. The second-order valence-corrected chi connectivity index (χ2v) is 4.38. The molecule has 3 rings (SSSR count). The topological polar surface area (TPSA) is 50.9 Å².